The summed E-state index contributed by atoms with van der Waals surface area (Å²) in [5.41, 5.74) is 6.45. The number of nitrogens with two attached hydrogens (primary N) is 1. The maximum atomic E-state index is 12.6. The van der Waals surface area contributed by atoms with Gasteiger partial charge in [-0.3, -0.25) is 4.79 Å². The number of amides is 1. The summed E-state index contributed by atoms with van der Waals surface area (Å²) < 4.78 is 0.141. The van der Waals surface area contributed by atoms with E-state index >= 15 is 0 Å². The fraction of sp³-hybridized carbons (Fsp3) is 0.533. The zero-order valence-electron chi connectivity index (χ0n) is 12.2. The molecule has 2 heterocycles. The molecule has 2 rings (SSSR count). The highest BCUT2D eigenvalue weighted by Crippen LogP contribution is 2.31. The third kappa shape index (κ3) is 3.57. The van der Waals surface area contributed by atoms with E-state index in [4.69, 9.17) is 5.73 Å². The fourth-order valence-electron chi connectivity index (χ4n) is 2.19. The number of thiophene rings is 1. The first-order valence-corrected chi connectivity index (χ1v) is 8.46. The zero-order valence-corrected chi connectivity index (χ0v) is 13.8. The highest BCUT2D eigenvalue weighted by molar-refractivity contribution is 8.00. The number of carbonyl (C=O) groups is 1. The molecule has 1 fully saturated rings. The van der Waals surface area contributed by atoms with Crippen LogP contribution in [-0.2, 0) is 0 Å². The van der Waals surface area contributed by atoms with Crippen LogP contribution in [0, 0.1) is 18.8 Å². The Bertz CT molecular complexity index is 566. The van der Waals surface area contributed by atoms with E-state index in [2.05, 4.69) is 25.7 Å². The lowest BCUT2D eigenvalue weighted by Crippen LogP contribution is -2.45. The first-order chi connectivity index (χ1) is 9.43. The van der Waals surface area contributed by atoms with Gasteiger partial charge in [0.15, 0.2) is 0 Å². The van der Waals surface area contributed by atoms with E-state index in [1.54, 1.807) is 0 Å². The summed E-state index contributed by atoms with van der Waals surface area (Å²) in [6, 6.07) is 1.95. The number of nitrogens with zero attached hydrogens (tertiary/aromatic N) is 1. The zero-order chi connectivity index (χ0) is 14.8. The number of hydrogen-bond donors (Lipinski definition) is 1. The molecule has 0 aromatic carbocycles. The molecule has 1 aromatic heterocycles. The molecule has 1 aliphatic rings. The normalized spacial score (nSPS) is 17.5. The largest absolute Gasteiger partial charge is 0.336 e. The summed E-state index contributed by atoms with van der Waals surface area (Å²) >= 11 is 3.40. The van der Waals surface area contributed by atoms with Gasteiger partial charge in [0, 0.05) is 23.6 Å². The highest BCUT2D eigenvalue weighted by atomic mass is 32.2. The van der Waals surface area contributed by atoms with Gasteiger partial charge >= 0.3 is 0 Å². The van der Waals surface area contributed by atoms with Crippen LogP contribution in [0.1, 0.15) is 34.0 Å². The second kappa shape index (κ2) is 6.21. The van der Waals surface area contributed by atoms with Gasteiger partial charge in [-0.2, -0.15) is 11.8 Å². The molecule has 0 atom stereocenters. The van der Waals surface area contributed by atoms with Gasteiger partial charge in [0.05, 0.1) is 16.3 Å². The molecule has 2 N–H and O–H groups in total. The van der Waals surface area contributed by atoms with Crippen molar-refractivity contribution in [3.8, 4) is 11.8 Å². The Labute approximate surface area is 128 Å². The number of hydrogen-bond acceptors (Lipinski definition) is 4. The summed E-state index contributed by atoms with van der Waals surface area (Å²) in [5, 5.41) is 0. The van der Waals surface area contributed by atoms with Crippen LogP contribution in [-0.4, -0.2) is 40.9 Å². The lowest BCUT2D eigenvalue weighted by atomic mass is 10.1. The van der Waals surface area contributed by atoms with E-state index in [0.29, 0.717) is 6.54 Å². The summed E-state index contributed by atoms with van der Waals surface area (Å²) in [6.45, 7) is 8.34. The lowest BCUT2D eigenvalue weighted by molar-refractivity contribution is 0.0753. The van der Waals surface area contributed by atoms with Gasteiger partial charge in [-0.25, -0.2) is 0 Å². The summed E-state index contributed by atoms with van der Waals surface area (Å²) in [4.78, 5) is 16.3. The number of carbonyl (C=O) groups excluding carboxylic acids is 1. The monoisotopic (exact) mass is 308 g/mol. The van der Waals surface area contributed by atoms with Gasteiger partial charge in [-0.05, 0) is 32.4 Å². The average molecular weight is 308 g/mol. The van der Waals surface area contributed by atoms with Crippen LogP contribution in [0.15, 0.2) is 6.07 Å². The maximum Gasteiger partial charge on any atom is 0.264 e. The molecule has 1 saturated heterocycles. The fourth-order valence-corrected chi connectivity index (χ4v) is 4.32. The number of rotatable bonds is 1. The van der Waals surface area contributed by atoms with Gasteiger partial charge in [0.1, 0.15) is 0 Å². The predicted molar refractivity (Wildman–Crippen MR) is 87.4 cm³/mol. The minimum absolute atomic E-state index is 0.132. The topological polar surface area (TPSA) is 46.3 Å². The van der Waals surface area contributed by atoms with Gasteiger partial charge in [-0.1, -0.05) is 11.8 Å². The Morgan fingerprint density at radius 3 is 2.95 bits per heavy atom. The molecule has 108 valence electrons. The minimum Gasteiger partial charge on any atom is -0.336 e. The van der Waals surface area contributed by atoms with Crippen molar-refractivity contribution in [1.29, 1.82) is 0 Å². The molecule has 0 spiro atoms. The highest BCUT2D eigenvalue weighted by Gasteiger charge is 2.30. The molecule has 0 saturated carbocycles. The van der Waals surface area contributed by atoms with Crippen molar-refractivity contribution in [3.05, 3.63) is 21.4 Å². The predicted octanol–water partition coefficient (Wildman–Crippen LogP) is 2.33. The van der Waals surface area contributed by atoms with Crippen molar-refractivity contribution in [2.75, 3.05) is 25.4 Å². The molecular formula is C15H20N2OS2. The Morgan fingerprint density at radius 1 is 1.55 bits per heavy atom. The van der Waals surface area contributed by atoms with Crippen molar-refractivity contribution in [2.24, 2.45) is 5.73 Å². The van der Waals surface area contributed by atoms with E-state index in [9.17, 15) is 4.79 Å². The van der Waals surface area contributed by atoms with E-state index < -0.39 is 0 Å². The third-order valence-corrected chi connectivity index (χ3v) is 5.58. The molecule has 20 heavy (non-hydrogen) atoms. The SMILES string of the molecule is Cc1cc(C(=O)N2CCSC(C)(C)C2)sc1C#CCN. The standard InChI is InChI=1S/C15H20N2OS2/c1-11-9-13(20-12(11)5-4-6-16)14(18)17-7-8-19-15(2,3)10-17/h9H,6-8,10,16H2,1-3H3. The van der Waals surface area contributed by atoms with Crippen LogP contribution in [0.3, 0.4) is 0 Å². The molecule has 1 amide bonds. The lowest BCUT2D eigenvalue weighted by Gasteiger charge is -2.37. The summed E-state index contributed by atoms with van der Waals surface area (Å²) in [5.74, 6) is 7.02. The maximum absolute atomic E-state index is 12.6. The quantitative estimate of drug-likeness (QED) is 0.810. The molecule has 0 radical (unpaired) electrons. The Hall–Kier alpha value is -0.960. The van der Waals surface area contributed by atoms with Gasteiger partial charge in [-0.15, -0.1) is 11.3 Å². The van der Waals surface area contributed by atoms with Gasteiger partial charge in [0.2, 0.25) is 0 Å². The van der Waals surface area contributed by atoms with Crippen LogP contribution in [0.25, 0.3) is 0 Å². The molecular weight excluding hydrogens is 288 g/mol. The number of thioether (sulfide) groups is 1. The van der Waals surface area contributed by atoms with Crippen molar-refractivity contribution in [1.82, 2.24) is 4.90 Å². The molecule has 0 bridgehead atoms. The first kappa shape index (κ1) is 15.4. The van der Waals surface area contributed by atoms with Crippen molar-refractivity contribution < 1.29 is 4.79 Å². The molecule has 0 unspecified atom stereocenters. The Balaban J connectivity index is 2.17. The average Bonchev–Trinajstić information content (AvgIpc) is 2.75. The number of aryl methyl sites for hydroxylation is 1. The minimum atomic E-state index is 0.132. The smallest absolute Gasteiger partial charge is 0.264 e. The van der Waals surface area contributed by atoms with E-state index in [-0.39, 0.29) is 10.7 Å². The third-order valence-electron chi connectivity index (χ3n) is 3.15. The second-order valence-electron chi connectivity index (χ2n) is 5.46. The van der Waals surface area contributed by atoms with Crippen LogP contribution in [0.5, 0.6) is 0 Å². The molecule has 1 aromatic rings. The van der Waals surface area contributed by atoms with Crippen molar-refractivity contribution in [3.63, 3.8) is 0 Å². The second-order valence-corrected chi connectivity index (χ2v) is 8.32. The molecule has 3 nitrogen and oxygen atoms in total. The Kier molecular flexibility index (Phi) is 4.79. The van der Waals surface area contributed by atoms with Crippen LogP contribution in [0.2, 0.25) is 0 Å². The summed E-state index contributed by atoms with van der Waals surface area (Å²) in [6.07, 6.45) is 0. The van der Waals surface area contributed by atoms with Crippen LogP contribution in [0.4, 0.5) is 0 Å². The van der Waals surface area contributed by atoms with E-state index in [1.807, 2.05) is 29.7 Å². The van der Waals surface area contributed by atoms with Gasteiger partial charge in [0.25, 0.3) is 5.91 Å². The first-order valence-electron chi connectivity index (χ1n) is 6.65. The molecule has 5 heteroatoms. The van der Waals surface area contributed by atoms with Crippen LogP contribution >= 0.6 is 23.1 Å². The van der Waals surface area contributed by atoms with E-state index in [0.717, 1.165) is 34.2 Å². The van der Waals surface area contributed by atoms with Crippen molar-refractivity contribution in [2.45, 2.75) is 25.5 Å². The van der Waals surface area contributed by atoms with Crippen molar-refractivity contribution >= 4 is 29.0 Å². The molecule has 0 aliphatic carbocycles. The van der Waals surface area contributed by atoms with Gasteiger partial charge < -0.3 is 10.6 Å². The molecule has 1 aliphatic heterocycles. The summed E-state index contributed by atoms with van der Waals surface area (Å²) in [7, 11) is 0. The Morgan fingerprint density at radius 2 is 2.30 bits per heavy atom. The van der Waals surface area contributed by atoms with E-state index in [1.165, 1.54) is 11.3 Å². The van der Waals surface area contributed by atoms with Crippen LogP contribution < -0.4 is 5.73 Å².